The number of carbonyl (C=O) groups excluding carboxylic acids is 1. The van der Waals surface area contributed by atoms with Gasteiger partial charge in [-0.25, -0.2) is 0 Å². The van der Waals surface area contributed by atoms with Crippen LogP contribution in [0.25, 0.3) is 0 Å². The number of nitrogens with one attached hydrogen (secondary N) is 1. The fourth-order valence-corrected chi connectivity index (χ4v) is 4.87. The lowest BCUT2D eigenvalue weighted by atomic mass is 9.62. The first kappa shape index (κ1) is 25.1. The number of benzene rings is 2. The minimum Gasteiger partial charge on any atom is -0.456 e. The van der Waals surface area contributed by atoms with E-state index in [0.717, 1.165) is 25.0 Å². The van der Waals surface area contributed by atoms with Gasteiger partial charge in [-0.05, 0) is 82.7 Å². The molecular formula is C29H32F3NO2. The number of furan rings is 1. The summed E-state index contributed by atoms with van der Waals surface area (Å²) in [5.74, 6) is 0.355. The molecule has 0 fully saturated rings. The zero-order chi connectivity index (χ0) is 25.6. The highest BCUT2D eigenvalue weighted by atomic mass is 19.4. The van der Waals surface area contributed by atoms with E-state index >= 15 is 0 Å². The number of amides is 1. The van der Waals surface area contributed by atoms with Crippen molar-refractivity contribution >= 4 is 5.91 Å². The van der Waals surface area contributed by atoms with E-state index in [4.69, 9.17) is 4.42 Å². The number of halogens is 3. The van der Waals surface area contributed by atoms with E-state index in [1.165, 1.54) is 28.3 Å². The van der Waals surface area contributed by atoms with Gasteiger partial charge in [-0.1, -0.05) is 52.0 Å². The van der Waals surface area contributed by atoms with Crippen molar-refractivity contribution in [3.05, 3.63) is 93.4 Å². The lowest BCUT2D eigenvalue weighted by Crippen LogP contribution is -2.34. The van der Waals surface area contributed by atoms with Gasteiger partial charge < -0.3 is 9.73 Å². The molecule has 1 aliphatic rings. The van der Waals surface area contributed by atoms with Crippen LogP contribution in [0.3, 0.4) is 0 Å². The lowest BCUT2D eigenvalue weighted by molar-refractivity contribution is -0.137. The molecule has 0 spiro atoms. The molecule has 0 saturated heterocycles. The molecule has 35 heavy (non-hydrogen) atoms. The number of carbonyl (C=O) groups is 1. The number of alkyl halides is 3. The summed E-state index contributed by atoms with van der Waals surface area (Å²) in [5.41, 5.74) is 5.02. The maximum absolute atomic E-state index is 12.9. The Labute approximate surface area is 204 Å². The largest absolute Gasteiger partial charge is 0.456 e. The monoisotopic (exact) mass is 483 g/mol. The van der Waals surface area contributed by atoms with E-state index in [9.17, 15) is 18.0 Å². The second kappa shape index (κ2) is 8.89. The number of rotatable bonds is 5. The summed E-state index contributed by atoms with van der Waals surface area (Å²) < 4.78 is 44.6. The van der Waals surface area contributed by atoms with Crippen molar-refractivity contribution in [2.24, 2.45) is 0 Å². The second-order valence-electron chi connectivity index (χ2n) is 10.9. The quantitative estimate of drug-likeness (QED) is 0.409. The molecule has 0 aliphatic heterocycles. The number of aryl methyl sites for hydroxylation is 1. The molecule has 0 bridgehead atoms. The van der Waals surface area contributed by atoms with Gasteiger partial charge >= 0.3 is 6.18 Å². The van der Waals surface area contributed by atoms with Crippen LogP contribution >= 0.6 is 0 Å². The molecule has 186 valence electrons. The van der Waals surface area contributed by atoms with Gasteiger partial charge in [-0.3, -0.25) is 4.79 Å². The fraction of sp³-hybridized carbons (Fsp3) is 0.414. The summed E-state index contributed by atoms with van der Waals surface area (Å²) in [5, 5.41) is 2.64. The molecule has 1 heterocycles. The van der Waals surface area contributed by atoms with Crippen molar-refractivity contribution in [3.63, 3.8) is 0 Å². The van der Waals surface area contributed by atoms with E-state index in [2.05, 4.69) is 52.1 Å². The van der Waals surface area contributed by atoms with E-state index in [1.54, 1.807) is 18.2 Å². The molecule has 0 radical (unpaired) electrons. The second-order valence-corrected chi connectivity index (χ2v) is 10.9. The van der Waals surface area contributed by atoms with E-state index in [-0.39, 0.29) is 23.1 Å². The van der Waals surface area contributed by atoms with Gasteiger partial charge in [0.1, 0.15) is 5.76 Å². The van der Waals surface area contributed by atoms with Crippen molar-refractivity contribution < 1.29 is 22.4 Å². The Kier molecular flexibility index (Phi) is 6.37. The van der Waals surface area contributed by atoms with Crippen LogP contribution in [-0.4, -0.2) is 5.91 Å². The van der Waals surface area contributed by atoms with Crippen molar-refractivity contribution in [2.75, 3.05) is 0 Å². The van der Waals surface area contributed by atoms with Gasteiger partial charge in [0, 0.05) is 13.0 Å². The molecule has 3 nitrogen and oxygen atoms in total. The third-order valence-electron chi connectivity index (χ3n) is 7.27. The maximum Gasteiger partial charge on any atom is 0.416 e. The van der Waals surface area contributed by atoms with Gasteiger partial charge in [0.05, 0.1) is 5.56 Å². The van der Waals surface area contributed by atoms with E-state index < -0.39 is 17.6 Å². The molecule has 0 unspecified atom stereocenters. The Morgan fingerprint density at radius 3 is 2.29 bits per heavy atom. The Bertz CT molecular complexity index is 1250. The summed E-state index contributed by atoms with van der Waals surface area (Å²) in [6, 6.07) is 12.9. The molecule has 6 heteroatoms. The van der Waals surface area contributed by atoms with Crippen LogP contribution in [0.4, 0.5) is 13.2 Å². The van der Waals surface area contributed by atoms with Gasteiger partial charge in [0.25, 0.3) is 5.91 Å². The van der Waals surface area contributed by atoms with Gasteiger partial charge in [0.2, 0.25) is 0 Å². The third-order valence-corrected chi connectivity index (χ3v) is 7.27. The highest BCUT2D eigenvalue weighted by Gasteiger charge is 2.37. The minimum absolute atomic E-state index is 0.0203. The van der Waals surface area contributed by atoms with Crippen LogP contribution < -0.4 is 5.32 Å². The number of hydrogen-bond donors (Lipinski definition) is 1. The average molecular weight is 484 g/mol. The minimum atomic E-state index is -4.42. The summed E-state index contributed by atoms with van der Waals surface area (Å²) in [6.07, 6.45) is -1.57. The van der Waals surface area contributed by atoms with Crippen molar-refractivity contribution in [2.45, 2.75) is 77.4 Å². The molecule has 0 saturated carbocycles. The molecule has 1 amide bonds. The molecule has 1 N–H and O–H groups in total. The molecule has 2 aromatic carbocycles. The topological polar surface area (TPSA) is 42.2 Å². The zero-order valence-electron chi connectivity index (χ0n) is 20.9. The van der Waals surface area contributed by atoms with Crippen LogP contribution in [-0.2, 0) is 30.0 Å². The summed E-state index contributed by atoms with van der Waals surface area (Å²) in [6.45, 7) is 11.3. The van der Waals surface area contributed by atoms with Crippen LogP contribution in [0, 0.1) is 6.92 Å². The highest BCUT2D eigenvalue weighted by Crippen LogP contribution is 2.46. The Balaban J connectivity index is 1.47. The predicted molar refractivity (Wildman–Crippen MR) is 131 cm³/mol. The molecular weight excluding hydrogens is 451 g/mol. The van der Waals surface area contributed by atoms with E-state index in [1.807, 2.05) is 0 Å². The maximum atomic E-state index is 12.9. The Hall–Kier alpha value is -3.02. The first-order valence-corrected chi connectivity index (χ1v) is 11.9. The van der Waals surface area contributed by atoms with Crippen LogP contribution in [0.1, 0.15) is 90.2 Å². The van der Waals surface area contributed by atoms with Gasteiger partial charge in [-0.2, -0.15) is 13.2 Å². The SMILES string of the molecule is Cc1cc2c(cc1Cc1ccc(C(=O)NCc3cccc(C(F)(F)F)c3)o1)C(C)(C)CCC2(C)C. The van der Waals surface area contributed by atoms with Gasteiger partial charge in [-0.15, -0.1) is 0 Å². The molecule has 0 atom stereocenters. The standard InChI is InChI=1S/C29H32F3NO2/c1-18-13-23-24(28(4,5)12-11-27(23,2)3)16-20(18)15-22-9-10-25(35-22)26(34)33-17-19-7-6-8-21(14-19)29(30,31)32/h6-10,13-14,16H,11-12,15,17H2,1-5H3,(H,33,34). The first-order valence-electron chi connectivity index (χ1n) is 11.9. The third kappa shape index (κ3) is 5.31. The van der Waals surface area contributed by atoms with Crippen molar-refractivity contribution in [1.29, 1.82) is 0 Å². The van der Waals surface area contributed by atoms with Crippen LogP contribution in [0.15, 0.2) is 52.9 Å². The fourth-order valence-electron chi connectivity index (χ4n) is 4.87. The van der Waals surface area contributed by atoms with E-state index in [0.29, 0.717) is 17.7 Å². The number of fused-ring (bicyclic) bond motifs is 1. The predicted octanol–water partition coefficient (Wildman–Crippen LogP) is 7.48. The lowest BCUT2D eigenvalue weighted by Gasteiger charge is -2.42. The summed E-state index contributed by atoms with van der Waals surface area (Å²) >= 11 is 0. The molecule has 1 aliphatic carbocycles. The van der Waals surface area contributed by atoms with Crippen LogP contribution in [0.2, 0.25) is 0 Å². The number of hydrogen-bond acceptors (Lipinski definition) is 2. The normalized spacial score (nSPS) is 16.6. The first-order chi connectivity index (χ1) is 16.3. The zero-order valence-corrected chi connectivity index (χ0v) is 20.9. The average Bonchev–Trinajstić information content (AvgIpc) is 3.25. The van der Waals surface area contributed by atoms with Crippen LogP contribution in [0.5, 0.6) is 0 Å². The van der Waals surface area contributed by atoms with Crippen molar-refractivity contribution in [1.82, 2.24) is 5.32 Å². The smallest absolute Gasteiger partial charge is 0.416 e. The molecule has 3 aromatic rings. The Morgan fingerprint density at radius 1 is 0.971 bits per heavy atom. The van der Waals surface area contributed by atoms with Gasteiger partial charge in [0.15, 0.2) is 5.76 Å². The highest BCUT2D eigenvalue weighted by molar-refractivity contribution is 5.91. The van der Waals surface area contributed by atoms with Crippen molar-refractivity contribution in [3.8, 4) is 0 Å². The summed E-state index contributed by atoms with van der Waals surface area (Å²) in [4.78, 5) is 12.6. The Morgan fingerprint density at radius 2 is 1.63 bits per heavy atom. The molecule has 1 aromatic heterocycles. The molecule has 4 rings (SSSR count). The summed E-state index contributed by atoms with van der Waals surface area (Å²) in [7, 11) is 0.